The van der Waals surface area contributed by atoms with E-state index >= 15 is 0 Å². The van der Waals surface area contributed by atoms with Crippen molar-refractivity contribution in [2.75, 3.05) is 25.0 Å². The minimum Gasteiger partial charge on any atom is -0.481 e. The number of carbonyl (C=O) groups excluding carboxylic acids is 1. The highest BCUT2D eigenvalue weighted by atomic mass is 32.1. The molecule has 7 heteroatoms. The molecule has 21 heavy (non-hydrogen) atoms. The van der Waals surface area contributed by atoms with E-state index in [0.717, 1.165) is 30.0 Å². The summed E-state index contributed by atoms with van der Waals surface area (Å²) in [5, 5.41) is 19.1. The number of anilines is 1. The molecule has 1 atom stereocenters. The first-order valence-corrected chi connectivity index (χ1v) is 7.59. The summed E-state index contributed by atoms with van der Waals surface area (Å²) in [5.74, 6) is -1.83. The monoisotopic (exact) mass is 305 g/mol. The first-order valence-electron chi connectivity index (χ1n) is 6.77. The molecule has 2 aliphatic heterocycles. The molecule has 1 fully saturated rings. The number of nitriles is 1. The molecule has 0 aliphatic carbocycles. The van der Waals surface area contributed by atoms with Gasteiger partial charge in [0.1, 0.15) is 11.1 Å². The molecule has 0 spiro atoms. The normalized spacial score (nSPS) is 22.2. The maximum Gasteiger partial charge on any atom is 0.308 e. The summed E-state index contributed by atoms with van der Waals surface area (Å²) >= 11 is 1.45. The van der Waals surface area contributed by atoms with Crippen LogP contribution in [-0.2, 0) is 22.6 Å². The number of carboxylic acids is 1. The van der Waals surface area contributed by atoms with Crippen molar-refractivity contribution in [2.45, 2.75) is 19.4 Å². The maximum atomic E-state index is 12.1. The number of carboxylic acid groups (broad SMARTS) is 1. The molecule has 0 saturated carbocycles. The Balaban J connectivity index is 1.98. The Morgan fingerprint density at radius 3 is 2.90 bits per heavy atom. The van der Waals surface area contributed by atoms with Gasteiger partial charge in [-0.1, -0.05) is 0 Å². The van der Waals surface area contributed by atoms with Crippen molar-refractivity contribution in [2.24, 2.45) is 5.92 Å². The van der Waals surface area contributed by atoms with Crippen LogP contribution in [0.2, 0.25) is 0 Å². The first-order chi connectivity index (χ1) is 10.0. The van der Waals surface area contributed by atoms with Gasteiger partial charge in [0.25, 0.3) is 0 Å². The van der Waals surface area contributed by atoms with E-state index in [9.17, 15) is 14.9 Å². The molecule has 0 radical (unpaired) electrons. The third-order valence-electron chi connectivity index (χ3n) is 4.06. The van der Waals surface area contributed by atoms with Crippen LogP contribution in [0.15, 0.2) is 0 Å². The van der Waals surface area contributed by atoms with Gasteiger partial charge in [0, 0.05) is 30.9 Å². The van der Waals surface area contributed by atoms with E-state index < -0.39 is 11.9 Å². The van der Waals surface area contributed by atoms with Crippen molar-refractivity contribution in [1.29, 1.82) is 5.26 Å². The van der Waals surface area contributed by atoms with Crippen LogP contribution in [0.1, 0.15) is 22.4 Å². The summed E-state index contributed by atoms with van der Waals surface area (Å²) in [5.41, 5.74) is 1.59. The predicted octanol–water partition coefficient (Wildman–Crippen LogP) is 1.05. The first kappa shape index (κ1) is 14.0. The predicted molar refractivity (Wildman–Crippen MR) is 77.2 cm³/mol. The van der Waals surface area contributed by atoms with E-state index in [0.29, 0.717) is 10.6 Å². The smallest absolute Gasteiger partial charge is 0.308 e. The fourth-order valence-electron chi connectivity index (χ4n) is 2.89. The Hall–Kier alpha value is -1.91. The van der Waals surface area contributed by atoms with Crippen molar-refractivity contribution in [1.82, 2.24) is 4.90 Å². The molecule has 0 aromatic carbocycles. The van der Waals surface area contributed by atoms with Crippen molar-refractivity contribution >= 4 is 28.2 Å². The molecule has 1 unspecified atom stereocenters. The lowest BCUT2D eigenvalue weighted by Gasteiger charge is -2.21. The second-order valence-electron chi connectivity index (χ2n) is 5.53. The number of likely N-dealkylation sites (N-methyl/N-ethyl adjacent to an activating group) is 1. The topological polar surface area (TPSA) is 84.6 Å². The Morgan fingerprint density at radius 1 is 1.52 bits per heavy atom. The number of aliphatic carboxylic acids is 1. The minimum atomic E-state index is -0.953. The van der Waals surface area contributed by atoms with Crippen LogP contribution in [0.25, 0.3) is 0 Å². The Kier molecular flexibility index (Phi) is 3.43. The lowest BCUT2D eigenvalue weighted by Crippen LogP contribution is -2.26. The molecule has 6 nitrogen and oxygen atoms in total. The minimum absolute atomic E-state index is 0.0165. The average molecular weight is 305 g/mol. The molecule has 110 valence electrons. The average Bonchev–Trinajstić information content (AvgIpc) is 2.98. The van der Waals surface area contributed by atoms with E-state index in [-0.39, 0.29) is 18.9 Å². The van der Waals surface area contributed by atoms with Gasteiger partial charge in [-0.2, -0.15) is 5.26 Å². The molecule has 0 bridgehead atoms. The van der Waals surface area contributed by atoms with Gasteiger partial charge in [0.15, 0.2) is 0 Å². The Labute approximate surface area is 126 Å². The van der Waals surface area contributed by atoms with Crippen LogP contribution in [-0.4, -0.2) is 42.0 Å². The molecule has 1 saturated heterocycles. The van der Waals surface area contributed by atoms with Crippen molar-refractivity contribution in [3.05, 3.63) is 16.0 Å². The van der Waals surface area contributed by atoms with Gasteiger partial charge >= 0.3 is 5.97 Å². The number of carbonyl (C=O) groups is 2. The summed E-state index contributed by atoms with van der Waals surface area (Å²) in [6, 6.07) is 2.21. The van der Waals surface area contributed by atoms with Crippen LogP contribution >= 0.6 is 11.3 Å². The van der Waals surface area contributed by atoms with E-state index in [4.69, 9.17) is 5.11 Å². The van der Waals surface area contributed by atoms with E-state index in [1.54, 1.807) is 0 Å². The van der Waals surface area contributed by atoms with Gasteiger partial charge in [0.05, 0.1) is 11.5 Å². The Bertz CT molecular complexity index is 661. The summed E-state index contributed by atoms with van der Waals surface area (Å²) in [6.07, 6.45) is 0.818. The molecule has 3 heterocycles. The summed E-state index contributed by atoms with van der Waals surface area (Å²) in [6.45, 7) is 1.83. The zero-order valence-electron chi connectivity index (χ0n) is 11.6. The highest BCUT2D eigenvalue weighted by Crippen LogP contribution is 2.40. The molecule has 1 amide bonds. The maximum absolute atomic E-state index is 12.1. The van der Waals surface area contributed by atoms with E-state index in [1.165, 1.54) is 16.2 Å². The lowest BCUT2D eigenvalue weighted by atomic mass is 10.0. The number of rotatable bonds is 2. The largest absolute Gasteiger partial charge is 0.481 e. The van der Waals surface area contributed by atoms with Gasteiger partial charge in [-0.05, 0) is 19.0 Å². The van der Waals surface area contributed by atoms with Crippen molar-refractivity contribution < 1.29 is 14.7 Å². The van der Waals surface area contributed by atoms with Gasteiger partial charge in [0.2, 0.25) is 5.91 Å². The molecule has 1 N–H and O–H groups in total. The van der Waals surface area contributed by atoms with Crippen LogP contribution < -0.4 is 4.90 Å². The standard InChI is InChI=1S/C14H15N3O3S/c1-16-3-2-9-10(5-15)13(21-11(9)7-16)17-6-8(14(19)20)4-12(17)18/h8H,2-4,6-7H2,1H3,(H,19,20). The fraction of sp³-hybridized carbons (Fsp3) is 0.500. The highest BCUT2D eigenvalue weighted by molar-refractivity contribution is 7.16. The van der Waals surface area contributed by atoms with Crippen molar-refractivity contribution in [3.8, 4) is 6.07 Å². The number of amides is 1. The second-order valence-corrected chi connectivity index (χ2v) is 6.61. The van der Waals surface area contributed by atoms with Crippen LogP contribution in [0, 0.1) is 17.2 Å². The molecular weight excluding hydrogens is 290 g/mol. The fourth-order valence-corrected chi connectivity index (χ4v) is 4.29. The van der Waals surface area contributed by atoms with Gasteiger partial charge in [-0.25, -0.2) is 0 Å². The number of nitrogens with zero attached hydrogens (tertiary/aromatic N) is 3. The SMILES string of the molecule is CN1CCc2c(sc(N3CC(C(=O)O)CC3=O)c2C#N)C1. The number of fused-ring (bicyclic) bond motifs is 1. The quantitative estimate of drug-likeness (QED) is 0.882. The third-order valence-corrected chi connectivity index (χ3v) is 5.30. The second kappa shape index (κ2) is 5.13. The molecule has 2 aliphatic rings. The third kappa shape index (κ3) is 2.30. The van der Waals surface area contributed by atoms with Gasteiger partial charge in [-0.15, -0.1) is 11.3 Å². The van der Waals surface area contributed by atoms with Crippen LogP contribution in [0.4, 0.5) is 5.00 Å². The number of thiophene rings is 1. The van der Waals surface area contributed by atoms with Crippen molar-refractivity contribution in [3.63, 3.8) is 0 Å². The summed E-state index contributed by atoms with van der Waals surface area (Å²) in [4.78, 5) is 27.9. The summed E-state index contributed by atoms with van der Waals surface area (Å²) in [7, 11) is 2.02. The van der Waals surface area contributed by atoms with Crippen LogP contribution in [0.3, 0.4) is 0 Å². The van der Waals surface area contributed by atoms with Gasteiger partial charge in [-0.3, -0.25) is 9.59 Å². The van der Waals surface area contributed by atoms with E-state index in [2.05, 4.69) is 11.0 Å². The van der Waals surface area contributed by atoms with E-state index in [1.807, 2.05) is 7.05 Å². The zero-order chi connectivity index (χ0) is 15.1. The molecule has 1 aromatic rings. The molecular formula is C14H15N3O3S. The summed E-state index contributed by atoms with van der Waals surface area (Å²) < 4.78 is 0. The lowest BCUT2D eigenvalue weighted by molar-refractivity contribution is -0.141. The number of hydrogen-bond acceptors (Lipinski definition) is 5. The zero-order valence-corrected chi connectivity index (χ0v) is 12.4. The van der Waals surface area contributed by atoms with Gasteiger partial charge < -0.3 is 14.9 Å². The molecule has 3 rings (SSSR count). The molecule has 1 aromatic heterocycles. The number of hydrogen-bond donors (Lipinski definition) is 1. The highest BCUT2D eigenvalue weighted by Gasteiger charge is 2.38. The Morgan fingerprint density at radius 2 is 2.29 bits per heavy atom. The van der Waals surface area contributed by atoms with Crippen LogP contribution in [0.5, 0.6) is 0 Å².